The summed E-state index contributed by atoms with van der Waals surface area (Å²) in [6.07, 6.45) is 3.53. The standard InChI is InChI=1S/C20H25NO2/c1-20(16-6-3-2-4-7-16,17-9-11-19(22)12-10-17)23-15-13-18-8-5-14-21-18/h2-4,6-7,9-12,18,21-22H,5,8,13-15H2,1H3. The summed E-state index contributed by atoms with van der Waals surface area (Å²) in [6, 6.07) is 18.2. The highest BCUT2D eigenvalue weighted by atomic mass is 16.5. The van der Waals surface area contributed by atoms with Crippen LogP contribution in [0.25, 0.3) is 0 Å². The van der Waals surface area contributed by atoms with Gasteiger partial charge in [0, 0.05) is 12.6 Å². The van der Waals surface area contributed by atoms with E-state index in [2.05, 4.69) is 24.4 Å². The molecule has 0 bridgehead atoms. The second-order valence-corrected chi connectivity index (χ2v) is 6.38. The predicted molar refractivity (Wildman–Crippen MR) is 92.6 cm³/mol. The van der Waals surface area contributed by atoms with Crippen LogP contribution in [0.2, 0.25) is 0 Å². The van der Waals surface area contributed by atoms with Gasteiger partial charge in [-0.1, -0.05) is 42.5 Å². The Labute approximate surface area is 138 Å². The molecule has 0 saturated carbocycles. The van der Waals surface area contributed by atoms with Gasteiger partial charge in [0.25, 0.3) is 0 Å². The van der Waals surface area contributed by atoms with Gasteiger partial charge < -0.3 is 15.2 Å². The Morgan fingerprint density at radius 3 is 2.43 bits per heavy atom. The molecule has 3 nitrogen and oxygen atoms in total. The second-order valence-electron chi connectivity index (χ2n) is 6.38. The van der Waals surface area contributed by atoms with Gasteiger partial charge in [0.2, 0.25) is 0 Å². The highest BCUT2D eigenvalue weighted by Crippen LogP contribution is 2.34. The molecular weight excluding hydrogens is 286 g/mol. The van der Waals surface area contributed by atoms with Crippen LogP contribution >= 0.6 is 0 Å². The van der Waals surface area contributed by atoms with Crippen molar-refractivity contribution in [1.29, 1.82) is 0 Å². The predicted octanol–water partition coefficient (Wildman–Crippen LogP) is 3.81. The van der Waals surface area contributed by atoms with Crippen LogP contribution in [-0.2, 0) is 10.3 Å². The summed E-state index contributed by atoms with van der Waals surface area (Å²) in [7, 11) is 0. The van der Waals surface area contributed by atoms with Gasteiger partial charge in [-0.3, -0.25) is 0 Å². The average Bonchev–Trinajstić information content (AvgIpc) is 3.09. The maximum Gasteiger partial charge on any atom is 0.115 e. The first-order valence-electron chi connectivity index (χ1n) is 8.41. The third-order valence-electron chi connectivity index (χ3n) is 4.76. The Balaban J connectivity index is 1.79. The Bertz CT molecular complexity index is 605. The number of hydrogen-bond donors (Lipinski definition) is 2. The minimum Gasteiger partial charge on any atom is -0.508 e. The van der Waals surface area contributed by atoms with E-state index in [0.29, 0.717) is 12.6 Å². The van der Waals surface area contributed by atoms with Crippen molar-refractivity contribution in [2.24, 2.45) is 0 Å². The molecule has 2 atom stereocenters. The first kappa shape index (κ1) is 16.0. The molecule has 1 saturated heterocycles. The summed E-state index contributed by atoms with van der Waals surface area (Å²) in [5.41, 5.74) is 1.68. The fourth-order valence-electron chi connectivity index (χ4n) is 3.28. The summed E-state index contributed by atoms with van der Waals surface area (Å²) in [5, 5.41) is 13.1. The van der Waals surface area contributed by atoms with Crippen LogP contribution in [0.5, 0.6) is 5.75 Å². The molecule has 0 aliphatic carbocycles. The molecule has 0 aromatic heterocycles. The zero-order valence-electron chi connectivity index (χ0n) is 13.7. The number of phenols is 1. The number of hydrogen-bond acceptors (Lipinski definition) is 3. The molecule has 2 N–H and O–H groups in total. The normalized spacial score (nSPS) is 20.3. The number of aromatic hydroxyl groups is 1. The van der Waals surface area contributed by atoms with Crippen molar-refractivity contribution in [3.63, 3.8) is 0 Å². The Kier molecular flexibility index (Phi) is 4.99. The van der Waals surface area contributed by atoms with Crippen molar-refractivity contribution < 1.29 is 9.84 Å². The Hall–Kier alpha value is -1.84. The lowest BCUT2D eigenvalue weighted by molar-refractivity contribution is -0.00799. The van der Waals surface area contributed by atoms with Crippen molar-refractivity contribution in [3.8, 4) is 5.75 Å². The van der Waals surface area contributed by atoms with Gasteiger partial charge in [-0.25, -0.2) is 0 Å². The Morgan fingerprint density at radius 1 is 1.09 bits per heavy atom. The topological polar surface area (TPSA) is 41.5 Å². The zero-order valence-corrected chi connectivity index (χ0v) is 13.7. The van der Waals surface area contributed by atoms with E-state index in [1.165, 1.54) is 12.8 Å². The van der Waals surface area contributed by atoms with Gasteiger partial charge in [0.05, 0.1) is 0 Å². The van der Waals surface area contributed by atoms with E-state index in [9.17, 15) is 5.11 Å². The van der Waals surface area contributed by atoms with Crippen LogP contribution in [0.4, 0.5) is 0 Å². The molecule has 1 aliphatic rings. The van der Waals surface area contributed by atoms with Crippen molar-refractivity contribution in [2.75, 3.05) is 13.2 Å². The van der Waals surface area contributed by atoms with Gasteiger partial charge in [-0.2, -0.15) is 0 Å². The van der Waals surface area contributed by atoms with Crippen molar-refractivity contribution >= 4 is 0 Å². The van der Waals surface area contributed by atoms with Gasteiger partial charge in [-0.05, 0) is 56.0 Å². The molecule has 1 aliphatic heterocycles. The summed E-state index contributed by atoms with van der Waals surface area (Å²) in [5.74, 6) is 0.277. The first-order valence-corrected chi connectivity index (χ1v) is 8.41. The highest BCUT2D eigenvalue weighted by Gasteiger charge is 2.30. The maximum absolute atomic E-state index is 9.56. The van der Waals surface area contributed by atoms with E-state index in [0.717, 1.165) is 24.1 Å². The van der Waals surface area contributed by atoms with E-state index >= 15 is 0 Å². The molecule has 0 spiro atoms. The summed E-state index contributed by atoms with van der Waals surface area (Å²) < 4.78 is 6.38. The minimum atomic E-state index is -0.506. The SMILES string of the molecule is CC(OCCC1CCCN1)(c1ccccc1)c1ccc(O)cc1. The fourth-order valence-corrected chi connectivity index (χ4v) is 3.28. The van der Waals surface area contributed by atoms with Crippen LogP contribution in [0, 0.1) is 0 Å². The minimum absolute atomic E-state index is 0.277. The summed E-state index contributed by atoms with van der Waals surface area (Å²) >= 11 is 0. The zero-order chi connectivity index (χ0) is 16.1. The number of phenolic OH excluding ortho intramolecular Hbond substituents is 1. The highest BCUT2D eigenvalue weighted by molar-refractivity contribution is 5.38. The van der Waals surface area contributed by atoms with E-state index in [-0.39, 0.29) is 5.75 Å². The van der Waals surface area contributed by atoms with E-state index in [1.807, 2.05) is 30.3 Å². The molecule has 2 aromatic rings. The summed E-state index contributed by atoms with van der Waals surface area (Å²) in [6.45, 7) is 3.94. The third-order valence-corrected chi connectivity index (χ3v) is 4.76. The van der Waals surface area contributed by atoms with Gasteiger partial charge >= 0.3 is 0 Å². The molecule has 23 heavy (non-hydrogen) atoms. The van der Waals surface area contributed by atoms with Gasteiger partial charge in [0.1, 0.15) is 11.4 Å². The van der Waals surface area contributed by atoms with E-state index in [1.54, 1.807) is 12.1 Å². The van der Waals surface area contributed by atoms with Crippen molar-refractivity contribution in [1.82, 2.24) is 5.32 Å². The molecule has 2 unspecified atom stereocenters. The molecule has 122 valence electrons. The lowest BCUT2D eigenvalue weighted by Crippen LogP contribution is -2.30. The molecule has 1 fully saturated rings. The van der Waals surface area contributed by atoms with Crippen molar-refractivity contribution in [2.45, 2.75) is 37.8 Å². The molecule has 0 amide bonds. The van der Waals surface area contributed by atoms with Gasteiger partial charge in [0.15, 0.2) is 0 Å². The molecule has 1 heterocycles. The number of rotatable bonds is 6. The quantitative estimate of drug-likeness (QED) is 0.852. The van der Waals surface area contributed by atoms with E-state index < -0.39 is 5.60 Å². The monoisotopic (exact) mass is 311 g/mol. The third kappa shape index (κ3) is 3.74. The average molecular weight is 311 g/mol. The lowest BCUT2D eigenvalue weighted by atomic mass is 9.88. The smallest absolute Gasteiger partial charge is 0.115 e. The fraction of sp³-hybridized carbons (Fsp3) is 0.400. The number of benzene rings is 2. The molecule has 3 rings (SSSR count). The Morgan fingerprint density at radius 2 is 1.78 bits per heavy atom. The molecule has 0 radical (unpaired) electrons. The number of nitrogens with one attached hydrogen (secondary N) is 1. The van der Waals surface area contributed by atoms with Crippen LogP contribution in [0.15, 0.2) is 54.6 Å². The molecular formula is C20H25NO2. The van der Waals surface area contributed by atoms with Gasteiger partial charge in [-0.15, -0.1) is 0 Å². The molecule has 2 aromatic carbocycles. The maximum atomic E-state index is 9.56. The largest absolute Gasteiger partial charge is 0.508 e. The first-order chi connectivity index (χ1) is 11.2. The van der Waals surface area contributed by atoms with Crippen LogP contribution in [-0.4, -0.2) is 24.3 Å². The second kappa shape index (κ2) is 7.16. The van der Waals surface area contributed by atoms with E-state index in [4.69, 9.17) is 4.74 Å². The summed E-state index contributed by atoms with van der Waals surface area (Å²) in [4.78, 5) is 0. The lowest BCUT2D eigenvalue weighted by Gasteiger charge is -2.32. The van der Waals surface area contributed by atoms with Crippen LogP contribution in [0.1, 0.15) is 37.3 Å². The van der Waals surface area contributed by atoms with Crippen molar-refractivity contribution in [3.05, 3.63) is 65.7 Å². The number of ether oxygens (including phenoxy) is 1. The van der Waals surface area contributed by atoms with Crippen LogP contribution < -0.4 is 5.32 Å². The van der Waals surface area contributed by atoms with Crippen LogP contribution in [0.3, 0.4) is 0 Å². The molecule has 3 heteroatoms.